The number of rotatable bonds is 9. The lowest BCUT2D eigenvalue weighted by Crippen LogP contribution is -2.50. The lowest BCUT2D eigenvalue weighted by Gasteiger charge is -2.43. The molecule has 0 amide bonds. The smallest absolute Gasteiger partial charge is 0.408 e. The van der Waals surface area contributed by atoms with Crippen molar-refractivity contribution in [3.63, 3.8) is 0 Å². The summed E-state index contributed by atoms with van der Waals surface area (Å²) in [6.45, 7) is 18.4. The Labute approximate surface area is 286 Å². The lowest BCUT2D eigenvalue weighted by atomic mass is 10.0. The second kappa shape index (κ2) is 14.5. The van der Waals surface area contributed by atoms with E-state index in [-0.39, 0.29) is 12.1 Å². The summed E-state index contributed by atoms with van der Waals surface area (Å²) >= 11 is 0. The minimum absolute atomic E-state index is 0.0165. The summed E-state index contributed by atoms with van der Waals surface area (Å²) in [4.78, 5) is 0. The van der Waals surface area contributed by atoms with Crippen molar-refractivity contribution in [2.24, 2.45) is 0 Å². The van der Waals surface area contributed by atoms with Gasteiger partial charge in [-0.3, -0.25) is 0 Å². The van der Waals surface area contributed by atoms with Crippen molar-refractivity contribution in [2.45, 2.75) is 115 Å². The van der Waals surface area contributed by atoms with Gasteiger partial charge >= 0.3 is 24.7 Å². The van der Waals surface area contributed by atoms with Gasteiger partial charge in [-0.15, -0.1) is 0 Å². The van der Waals surface area contributed by atoms with Crippen molar-refractivity contribution in [3.05, 3.63) is 81.9 Å². The highest BCUT2D eigenvalue weighted by Gasteiger charge is 2.44. The van der Waals surface area contributed by atoms with Crippen molar-refractivity contribution in [2.75, 3.05) is 0 Å². The van der Waals surface area contributed by atoms with Crippen molar-refractivity contribution >= 4 is 28.8 Å². The number of hydrogen-bond donors (Lipinski definition) is 0. The molecule has 0 saturated carbocycles. The molecule has 282 valence electrons. The zero-order valence-corrected chi connectivity index (χ0v) is 31.3. The molecule has 0 radical (unpaired) electrons. The van der Waals surface area contributed by atoms with Crippen LogP contribution in [0, 0.1) is 0 Å². The lowest BCUT2D eigenvalue weighted by molar-refractivity contribution is -0.144. The van der Waals surface area contributed by atoms with E-state index in [1.54, 1.807) is 0 Å². The Bertz CT molecular complexity index is 1360. The minimum Gasteiger partial charge on any atom is -0.408 e. The average molecular weight is 767 g/mol. The molecule has 50 heavy (non-hydrogen) atoms. The number of alkyl halides is 12. The van der Waals surface area contributed by atoms with Crippen molar-refractivity contribution in [1.82, 2.24) is 0 Å². The monoisotopic (exact) mass is 766 g/mol. The maximum atomic E-state index is 13.6. The zero-order chi connectivity index (χ0) is 39.1. The van der Waals surface area contributed by atoms with E-state index in [4.69, 9.17) is 8.85 Å². The van der Waals surface area contributed by atoms with Gasteiger partial charge in [-0.2, -0.15) is 52.7 Å². The molecule has 0 spiro atoms. The van der Waals surface area contributed by atoms with E-state index in [1.807, 2.05) is 67.7 Å². The molecule has 0 aromatic heterocycles. The third-order valence-corrected chi connectivity index (χ3v) is 17.9. The summed E-state index contributed by atoms with van der Waals surface area (Å²) in [5, 5.41) is -0.987. The summed E-state index contributed by atoms with van der Waals surface area (Å²) in [6.07, 6.45) is -18.5. The maximum absolute atomic E-state index is 13.6. The first-order valence-corrected chi connectivity index (χ1v) is 21.2. The molecule has 16 heteroatoms. The van der Waals surface area contributed by atoms with Crippen LogP contribution in [0.2, 0.25) is 36.3 Å². The molecule has 0 saturated heterocycles. The van der Waals surface area contributed by atoms with Crippen LogP contribution in [0.4, 0.5) is 52.7 Å². The molecule has 0 heterocycles. The molecule has 0 N–H and O–H groups in total. The molecular weight excluding hydrogens is 725 g/mol. The molecule has 0 fully saturated rings. The summed E-state index contributed by atoms with van der Waals surface area (Å²) in [6, 6.07) is 2.06. The first-order valence-electron chi connectivity index (χ1n) is 15.4. The van der Waals surface area contributed by atoms with Crippen LogP contribution in [-0.4, -0.2) is 28.8 Å². The quantitative estimate of drug-likeness (QED) is 0.187. The SMILES string of the molecule is CC(C)(C)[Si](C)(C)O[C@H](/C=C/c1cc(C(F)(F)F)cc(C(F)(F)F)c1)[C@@H](/C=C/c1cc(C(F)(F)F)cc(C(F)(F)F)c1)O[Si](C)(C)C(C)(C)C. The van der Waals surface area contributed by atoms with Gasteiger partial charge in [0.25, 0.3) is 0 Å². The van der Waals surface area contributed by atoms with E-state index in [2.05, 4.69) is 0 Å². The normalized spacial score (nSPS) is 16.0. The Morgan fingerprint density at radius 3 is 0.840 bits per heavy atom. The van der Waals surface area contributed by atoms with Crippen molar-refractivity contribution < 1.29 is 61.5 Å². The van der Waals surface area contributed by atoms with Gasteiger partial charge in [0.15, 0.2) is 16.6 Å². The second-order valence-corrected chi connectivity index (χ2v) is 24.6. The Kier molecular flexibility index (Phi) is 12.6. The molecule has 2 rings (SSSR count). The van der Waals surface area contributed by atoms with E-state index in [0.29, 0.717) is 24.3 Å². The maximum Gasteiger partial charge on any atom is 0.416 e. The number of hydrogen-bond acceptors (Lipinski definition) is 2. The van der Waals surface area contributed by atoms with Crippen LogP contribution in [0.1, 0.15) is 74.9 Å². The molecule has 0 aliphatic carbocycles. The second-order valence-electron chi connectivity index (χ2n) is 15.1. The van der Waals surface area contributed by atoms with Gasteiger partial charge in [0, 0.05) is 0 Å². The fourth-order valence-corrected chi connectivity index (χ4v) is 6.52. The van der Waals surface area contributed by atoms with Gasteiger partial charge in [-0.25, -0.2) is 0 Å². The topological polar surface area (TPSA) is 18.5 Å². The predicted molar refractivity (Wildman–Crippen MR) is 175 cm³/mol. The fourth-order valence-electron chi connectivity index (χ4n) is 4.03. The third-order valence-electron chi connectivity index (χ3n) is 8.97. The minimum atomic E-state index is -5.11. The summed E-state index contributed by atoms with van der Waals surface area (Å²) in [5.41, 5.74) is -7.14. The highest BCUT2D eigenvalue weighted by atomic mass is 28.4. The number of halogens is 12. The van der Waals surface area contributed by atoms with Crippen LogP contribution >= 0.6 is 0 Å². The Balaban J connectivity index is 2.90. The van der Waals surface area contributed by atoms with Crippen LogP contribution in [0.25, 0.3) is 12.2 Å². The Hall–Kier alpha value is -2.57. The first-order chi connectivity index (χ1) is 22.0. The van der Waals surface area contributed by atoms with E-state index < -0.39 is 97.0 Å². The molecular formula is C34H42F12O2Si2. The summed E-state index contributed by atoms with van der Waals surface area (Å²) in [7, 11) is -5.71. The van der Waals surface area contributed by atoms with E-state index in [0.717, 1.165) is 12.2 Å². The average Bonchev–Trinajstić information content (AvgIpc) is 2.89. The van der Waals surface area contributed by atoms with Crippen LogP contribution in [0.3, 0.4) is 0 Å². The predicted octanol–water partition coefficient (Wildman–Crippen LogP) is 13.3. The largest absolute Gasteiger partial charge is 0.416 e. The molecule has 2 atom stereocenters. The van der Waals surface area contributed by atoms with Gasteiger partial charge < -0.3 is 8.85 Å². The first kappa shape index (κ1) is 43.6. The fraction of sp³-hybridized carbons (Fsp3) is 0.529. The van der Waals surface area contributed by atoms with Gasteiger partial charge in [0.1, 0.15) is 0 Å². The molecule has 2 aromatic rings. The standard InChI is InChI=1S/C34H42F12O2Si2/c1-29(2,3)49(7,8)47-27(13-11-21-15-23(31(35,36)37)19-24(16-21)32(38,39)40)28(48-50(9,10)30(4,5)6)14-12-22-17-25(33(41,42)43)20-26(18-22)34(44,45)46/h11-20,27-28H,1-10H3/b13-11+,14-12+/t27-,28-/m1/s1. The molecule has 0 aliphatic heterocycles. The summed E-state index contributed by atoms with van der Waals surface area (Å²) in [5.74, 6) is 0. The zero-order valence-electron chi connectivity index (χ0n) is 29.3. The highest BCUT2D eigenvalue weighted by molar-refractivity contribution is 6.74. The Morgan fingerprint density at radius 1 is 0.440 bits per heavy atom. The van der Waals surface area contributed by atoms with Crippen LogP contribution in [0.15, 0.2) is 48.6 Å². The Morgan fingerprint density at radius 2 is 0.660 bits per heavy atom. The van der Waals surface area contributed by atoms with Crippen LogP contribution in [-0.2, 0) is 33.6 Å². The van der Waals surface area contributed by atoms with E-state index in [1.165, 1.54) is 12.2 Å². The molecule has 0 aliphatic rings. The number of benzene rings is 2. The van der Waals surface area contributed by atoms with Gasteiger partial charge in [0.2, 0.25) is 0 Å². The van der Waals surface area contributed by atoms with Crippen molar-refractivity contribution in [3.8, 4) is 0 Å². The van der Waals surface area contributed by atoms with Gasteiger partial charge in [0.05, 0.1) is 34.5 Å². The molecule has 2 nitrogen and oxygen atoms in total. The molecule has 0 unspecified atom stereocenters. The summed E-state index contributed by atoms with van der Waals surface area (Å²) < 4.78 is 176. The van der Waals surface area contributed by atoms with Crippen LogP contribution in [0.5, 0.6) is 0 Å². The highest BCUT2D eigenvalue weighted by Crippen LogP contribution is 2.42. The van der Waals surface area contributed by atoms with Crippen molar-refractivity contribution in [1.29, 1.82) is 0 Å². The van der Waals surface area contributed by atoms with E-state index >= 15 is 0 Å². The van der Waals surface area contributed by atoms with E-state index in [9.17, 15) is 52.7 Å². The van der Waals surface area contributed by atoms with Gasteiger partial charge in [-0.05, 0) is 83.8 Å². The van der Waals surface area contributed by atoms with Gasteiger partial charge in [-0.1, -0.05) is 65.8 Å². The van der Waals surface area contributed by atoms with Crippen LogP contribution < -0.4 is 0 Å². The molecule has 2 aromatic carbocycles. The third kappa shape index (κ3) is 11.7. The molecule has 0 bridgehead atoms.